The lowest BCUT2D eigenvalue weighted by molar-refractivity contribution is -0.384. The number of nitro groups is 1. The van der Waals surface area contributed by atoms with Gasteiger partial charge in [-0.05, 0) is 6.07 Å². The van der Waals surface area contributed by atoms with Crippen molar-refractivity contribution in [1.29, 1.82) is 0 Å². The van der Waals surface area contributed by atoms with Crippen LogP contribution in [0.15, 0.2) is 18.2 Å². The zero-order valence-electron chi connectivity index (χ0n) is 12.8. The van der Waals surface area contributed by atoms with Gasteiger partial charge in [-0.25, -0.2) is 0 Å². The molecule has 1 aromatic carbocycles. The second-order valence-corrected chi connectivity index (χ2v) is 4.87. The van der Waals surface area contributed by atoms with Gasteiger partial charge < -0.3 is 19.7 Å². The predicted molar refractivity (Wildman–Crippen MR) is 80.6 cm³/mol. The summed E-state index contributed by atoms with van der Waals surface area (Å²) in [7, 11) is 0. The minimum Gasteiger partial charge on any atom is -0.482 e. The van der Waals surface area contributed by atoms with Crippen LogP contribution in [0, 0.1) is 10.1 Å². The molecule has 0 atom stereocenters. The number of anilines is 1. The van der Waals surface area contributed by atoms with E-state index >= 15 is 0 Å². The normalized spacial score (nSPS) is 12.9. The number of fused-ring (bicyclic) bond motifs is 1. The smallest absolute Gasteiger partial charge is 0.303 e. The molecule has 1 heterocycles. The third kappa shape index (κ3) is 4.18. The van der Waals surface area contributed by atoms with E-state index in [-0.39, 0.29) is 37.0 Å². The first-order valence-electron chi connectivity index (χ1n) is 7.00. The Kier molecular flexibility index (Phi) is 5.30. The third-order valence-corrected chi connectivity index (χ3v) is 3.16. The fraction of sp³-hybridized carbons (Fsp3) is 0.357. The molecule has 1 aromatic rings. The largest absolute Gasteiger partial charge is 0.482 e. The van der Waals surface area contributed by atoms with Gasteiger partial charge in [0.15, 0.2) is 13.2 Å². The molecule has 128 valence electrons. The molecule has 10 nitrogen and oxygen atoms in total. The zero-order valence-corrected chi connectivity index (χ0v) is 12.8. The summed E-state index contributed by atoms with van der Waals surface area (Å²) in [5.74, 6) is -1.11. The Bertz CT molecular complexity index is 689. The lowest BCUT2D eigenvalue weighted by Gasteiger charge is -2.29. The zero-order chi connectivity index (χ0) is 17.7. The van der Waals surface area contributed by atoms with E-state index in [1.165, 1.54) is 30.0 Å². The van der Waals surface area contributed by atoms with Gasteiger partial charge in [-0.2, -0.15) is 0 Å². The lowest BCUT2D eigenvalue weighted by atomic mass is 10.2. The Labute approximate surface area is 136 Å². The molecule has 2 rings (SSSR count). The summed E-state index contributed by atoms with van der Waals surface area (Å²) < 4.78 is 9.77. The van der Waals surface area contributed by atoms with Crippen LogP contribution >= 0.6 is 0 Å². The number of ether oxygens (including phenoxy) is 2. The van der Waals surface area contributed by atoms with Gasteiger partial charge in [0, 0.05) is 32.1 Å². The van der Waals surface area contributed by atoms with Crippen LogP contribution in [0.4, 0.5) is 11.4 Å². The second kappa shape index (κ2) is 7.40. The van der Waals surface area contributed by atoms with E-state index in [9.17, 15) is 24.5 Å². The summed E-state index contributed by atoms with van der Waals surface area (Å²) >= 11 is 0. The number of nitrogens with one attached hydrogen (secondary N) is 1. The monoisotopic (exact) mass is 337 g/mol. The molecule has 0 aromatic heterocycles. The minimum absolute atomic E-state index is 0.0912. The van der Waals surface area contributed by atoms with Gasteiger partial charge in [-0.3, -0.25) is 24.5 Å². The van der Waals surface area contributed by atoms with Gasteiger partial charge in [0.05, 0.1) is 10.6 Å². The second-order valence-electron chi connectivity index (χ2n) is 4.87. The quantitative estimate of drug-likeness (QED) is 0.439. The van der Waals surface area contributed by atoms with Crippen molar-refractivity contribution >= 4 is 29.2 Å². The molecule has 0 saturated carbocycles. The molecule has 1 aliphatic rings. The summed E-state index contributed by atoms with van der Waals surface area (Å²) in [4.78, 5) is 45.6. The van der Waals surface area contributed by atoms with Crippen LogP contribution in [0.2, 0.25) is 0 Å². The molecule has 10 heteroatoms. The van der Waals surface area contributed by atoms with E-state index in [0.717, 1.165) is 0 Å². The van der Waals surface area contributed by atoms with Gasteiger partial charge in [-0.15, -0.1) is 0 Å². The number of amides is 2. The Hall–Kier alpha value is -3.17. The standard InChI is InChI=1S/C14H15N3O7/c1-9(18)23-7-13(19)15-4-5-16-11-6-10(17(21)22)2-3-12(11)24-8-14(16)20/h2-3,6H,4-5,7-8H2,1H3,(H,15,19). The van der Waals surface area contributed by atoms with Gasteiger partial charge in [-0.1, -0.05) is 0 Å². The van der Waals surface area contributed by atoms with Crippen molar-refractivity contribution in [1.82, 2.24) is 5.32 Å². The van der Waals surface area contributed by atoms with Crippen molar-refractivity contribution in [3.63, 3.8) is 0 Å². The molecule has 0 radical (unpaired) electrons. The highest BCUT2D eigenvalue weighted by Crippen LogP contribution is 2.34. The SMILES string of the molecule is CC(=O)OCC(=O)NCCN1C(=O)COc2ccc([N+](=O)[O-])cc21. The molecular weight excluding hydrogens is 322 g/mol. The summed E-state index contributed by atoms with van der Waals surface area (Å²) in [5.41, 5.74) is 0.102. The Morgan fingerprint density at radius 2 is 2.21 bits per heavy atom. The third-order valence-electron chi connectivity index (χ3n) is 3.16. The molecule has 0 bridgehead atoms. The molecule has 0 spiro atoms. The molecule has 1 aliphatic heterocycles. The van der Waals surface area contributed by atoms with Crippen LogP contribution in [0.3, 0.4) is 0 Å². The molecular formula is C14H15N3O7. The first-order chi connectivity index (χ1) is 11.4. The number of hydrogen-bond donors (Lipinski definition) is 1. The van der Waals surface area contributed by atoms with E-state index in [1.54, 1.807) is 0 Å². The van der Waals surface area contributed by atoms with Gasteiger partial charge in [0.1, 0.15) is 5.75 Å². The highest BCUT2D eigenvalue weighted by Gasteiger charge is 2.27. The molecule has 0 unspecified atom stereocenters. The highest BCUT2D eigenvalue weighted by molar-refractivity contribution is 5.98. The fourth-order valence-electron chi connectivity index (χ4n) is 2.07. The topological polar surface area (TPSA) is 128 Å². The van der Waals surface area contributed by atoms with E-state index in [0.29, 0.717) is 5.75 Å². The summed E-state index contributed by atoms with van der Waals surface area (Å²) in [6.45, 7) is 0.778. The van der Waals surface area contributed by atoms with Crippen molar-refractivity contribution in [3.05, 3.63) is 28.3 Å². The number of benzene rings is 1. The number of nitro benzene ring substituents is 1. The molecule has 0 saturated heterocycles. The number of nitrogens with zero attached hydrogens (tertiary/aromatic N) is 2. The Balaban J connectivity index is 2.01. The molecule has 1 N–H and O–H groups in total. The van der Waals surface area contributed by atoms with E-state index in [2.05, 4.69) is 10.1 Å². The molecule has 0 aliphatic carbocycles. The highest BCUT2D eigenvalue weighted by atomic mass is 16.6. The Morgan fingerprint density at radius 3 is 2.88 bits per heavy atom. The maximum atomic E-state index is 12.0. The van der Waals surface area contributed by atoms with Crippen LogP contribution in [0.25, 0.3) is 0 Å². The lowest BCUT2D eigenvalue weighted by Crippen LogP contribution is -2.44. The summed E-state index contributed by atoms with van der Waals surface area (Å²) in [6, 6.07) is 3.95. The van der Waals surface area contributed by atoms with Gasteiger partial charge in [0.25, 0.3) is 17.5 Å². The average Bonchev–Trinajstić information content (AvgIpc) is 2.54. The molecule has 2 amide bonds. The summed E-state index contributed by atoms with van der Waals surface area (Å²) in [5, 5.41) is 13.4. The van der Waals surface area contributed by atoms with Crippen LogP contribution < -0.4 is 15.0 Å². The average molecular weight is 337 g/mol. The maximum absolute atomic E-state index is 12.0. The number of rotatable bonds is 6. The van der Waals surface area contributed by atoms with Crippen molar-refractivity contribution in [2.24, 2.45) is 0 Å². The summed E-state index contributed by atoms with van der Waals surface area (Å²) in [6.07, 6.45) is 0. The number of hydrogen-bond acceptors (Lipinski definition) is 7. The van der Waals surface area contributed by atoms with Gasteiger partial charge >= 0.3 is 5.97 Å². The van der Waals surface area contributed by atoms with Crippen LogP contribution in [-0.2, 0) is 19.1 Å². The Morgan fingerprint density at radius 1 is 1.46 bits per heavy atom. The minimum atomic E-state index is -0.574. The van der Waals surface area contributed by atoms with Crippen LogP contribution in [-0.4, -0.2) is 49.0 Å². The fourth-order valence-corrected chi connectivity index (χ4v) is 2.07. The number of carbonyl (C=O) groups is 3. The van der Waals surface area contributed by atoms with E-state index in [4.69, 9.17) is 4.74 Å². The van der Waals surface area contributed by atoms with Crippen LogP contribution in [0.5, 0.6) is 5.75 Å². The number of carbonyl (C=O) groups excluding carboxylic acids is 3. The van der Waals surface area contributed by atoms with E-state index < -0.39 is 23.4 Å². The predicted octanol–water partition coefficient (Wildman–Crippen LogP) is -0.000500. The van der Waals surface area contributed by atoms with E-state index in [1.807, 2.05) is 0 Å². The van der Waals surface area contributed by atoms with Crippen molar-refractivity contribution in [2.45, 2.75) is 6.92 Å². The maximum Gasteiger partial charge on any atom is 0.303 e. The van der Waals surface area contributed by atoms with Crippen molar-refractivity contribution < 1.29 is 28.8 Å². The van der Waals surface area contributed by atoms with Crippen molar-refractivity contribution in [2.75, 3.05) is 31.2 Å². The number of esters is 1. The molecule has 0 fully saturated rings. The number of non-ortho nitro benzene ring substituents is 1. The van der Waals surface area contributed by atoms with Gasteiger partial charge in [0.2, 0.25) is 0 Å². The van der Waals surface area contributed by atoms with Crippen molar-refractivity contribution in [3.8, 4) is 5.75 Å². The van der Waals surface area contributed by atoms with Crippen LogP contribution in [0.1, 0.15) is 6.92 Å². The first kappa shape index (κ1) is 17.2. The first-order valence-corrected chi connectivity index (χ1v) is 7.00. The molecule has 24 heavy (non-hydrogen) atoms.